The number of amides is 2. The lowest BCUT2D eigenvalue weighted by molar-refractivity contribution is -0.137. The number of imidazole rings is 1. The minimum absolute atomic E-state index is 0.0125. The Hall–Kier alpha value is -4.27. The number of nitrogens with zero attached hydrogens (tertiary/aromatic N) is 5. The molecule has 49 heavy (non-hydrogen) atoms. The highest BCUT2D eigenvalue weighted by molar-refractivity contribution is 5.91. The van der Waals surface area contributed by atoms with Gasteiger partial charge in [-0.25, -0.2) is 9.78 Å². The highest BCUT2D eigenvalue weighted by Gasteiger charge is 2.46. The number of aryl methyl sites for hydroxylation is 1. The van der Waals surface area contributed by atoms with Crippen LogP contribution in [0.4, 0.5) is 5.95 Å². The van der Waals surface area contributed by atoms with E-state index in [9.17, 15) is 29.1 Å². The third kappa shape index (κ3) is 8.14. The number of anilines is 1. The SMILES string of the molecule is CC[C@@H]1CN(CC(=O)NC[C@H]2O[C@@H](n3cnc4c(=O)[nH]c(NC(=O)C(C)C)nc43)C(OCCOC)[C@H]2O)C[C@H](n2cc(C)c(=O)[nH]c2=O)O1. The molecule has 2 amide bonds. The normalized spacial score (nSPS) is 24.5. The Kier molecular flexibility index (Phi) is 11.4. The number of fused-ring (bicyclic) bond motifs is 1. The summed E-state index contributed by atoms with van der Waals surface area (Å²) in [6.45, 7) is 7.81. The molecule has 0 saturated carbocycles. The van der Waals surface area contributed by atoms with Crippen LogP contribution < -0.4 is 27.4 Å². The smallest absolute Gasteiger partial charge is 0.330 e. The number of hydrogen-bond donors (Lipinski definition) is 5. The zero-order chi connectivity index (χ0) is 35.4. The van der Waals surface area contributed by atoms with Crippen molar-refractivity contribution in [2.45, 2.75) is 71.0 Å². The average molecular weight is 690 g/mol. The first-order valence-electron chi connectivity index (χ1n) is 16.1. The first kappa shape index (κ1) is 36.0. The minimum Gasteiger partial charge on any atom is -0.387 e. The van der Waals surface area contributed by atoms with Gasteiger partial charge in [0, 0.05) is 44.4 Å². The van der Waals surface area contributed by atoms with Gasteiger partial charge in [0.05, 0.1) is 32.2 Å². The second kappa shape index (κ2) is 15.5. The van der Waals surface area contributed by atoms with Gasteiger partial charge in [0.25, 0.3) is 11.1 Å². The van der Waals surface area contributed by atoms with Gasteiger partial charge in [-0.3, -0.25) is 48.5 Å². The van der Waals surface area contributed by atoms with Gasteiger partial charge in [0.1, 0.15) is 18.3 Å². The number of morpholine rings is 1. The van der Waals surface area contributed by atoms with E-state index in [1.807, 2.05) is 11.8 Å². The second-order valence-electron chi connectivity index (χ2n) is 12.4. The van der Waals surface area contributed by atoms with Crippen molar-refractivity contribution in [2.75, 3.05) is 51.8 Å². The Morgan fingerprint density at radius 3 is 2.61 bits per heavy atom. The number of nitrogens with one attached hydrogen (secondary N) is 4. The molecule has 5 rings (SSSR count). The van der Waals surface area contributed by atoms with E-state index in [1.165, 1.54) is 28.8 Å². The quantitative estimate of drug-likeness (QED) is 0.130. The topological polar surface area (TPSA) is 237 Å². The number of H-pyrrole nitrogens is 2. The van der Waals surface area contributed by atoms with Crippen molar-refractivity contribution in [2.24, 2.45) is 5.92 Å². The number of carbonyl (C=O) groups is 2. The molecule has 2 saturated heterocycles. The summed E-state index contributed by atoms with van der Waals surface area (Å²) >= 11 is 0. The molecule has 0 bridgehead atoms. The molecule has 268 valence electrons. The average Bonchev–Trinajstić information content (AvgIpc) is 3.62. The highest BCUT2D eigenvalue weighted by atomic mass is 16.6. The summed E-state index contributed by atoms with van der Waals surface area (Å²) in [7, 11) is 1.51. The Morgan fingerprint density at radius 1 is 1.12 bits per heavy atom. The van der Waals surface area contributed by atoms with Crippen LogP contribution in [0, 0.1) is 12.8 Å². The number of aliphatic hydroxyl groups is 1. The van der Waals surface area contributed by atoms with E-state index in [0.717, 1.165) is 0 Å². The summed E-state index contributed by atoms with van der Waals surface area (Å²) in [5.41, 5.74) is -1.23. The first-order valence-corrected chi connectivity index (χ1v) is 16.1. The summed E-state index contributed by atoms with van der Waals surface area (Å²) < 4.78 is 26.1. The van der Waals surface area contributed by atoms with Crippen molar-refractivity contribution in [1.29, 1.82) is 0 Å². The third-order valence-corrected chi connectivity index (χ3v) is 8.39. The molecule has 3 aromatic rings. The zero-order valence-corrected chi connectivity index (χ0v) is 28.0. The van der Waals surface area contributed by atoms with E-state index in [1.54, 1.807) is 20.8 Å². The lowest BCUT2D eigenvalue weighted by Crippen LogP contribution is -2.51. The molecule has 5 N–H and O–H groups in total. The number of hydrogen-bond acceptors (Lipinski definition) is 13. The molecule has 19 heteroatoms. The number of methoxy groups -OCH3 is 1. The van der Waals surface area contributed by atoms with Crippen LogP contribution in [0.2, 0.25) is 0 Å². The van der Waals surface area contributed by atoms with Crippen molar-refractivity contribution in [3.8, 4) is 0 Å². The van der Waals surface area contributed by atoms with E-state index in [0.29, 0.717) is 18.5 Å². The van der Waals surface area contributed by atoms with Gasteiger partial charge < -0.3 is 29.4 Å². The van der Waals surface area contributed by atoms with Gasteiger partial charge >= 0.3 is 5.69 Å². The molecule has 3 aromatic heterocycles. The van der Waals surface area contributed by atoms with Crippen LogP contribution in [0.3, 0.4) is 0 Å². The highest BCUT2D eigenvalue weighted by Crippen LogP contribution is 2.33. The summed E-state index contributed by atoms with van der Waals surface area (Å²) in [4.78, 5) is 77.8. The van der Waals surface area contributed by atoms with Gasteiger partial charge in [-0.2, -0.15) is 4.98 Å². The summed E-state index contributed by atoms with van der Waals surface area (Å²) in [6, 6.07) is 0. The van der Waals surface area contributed by atoms with Gasteiger partial charge in [-0.15, -0.1) is 0 Å². The van der Waals surface area contributed by atoms with Crippen LogP contribution in [-0.4, -0.2) is 122 Å². The molecule has 0 aromatic carbocycles. The largest absolute Gasteiger partial charge is 0.387 e. The lowest BCUT2D eigenvalue weighted by Gasteiger charge is -2.38. The van der Waals surface area contributed by atoms with Gasteiger partial charge in [-0.1, -0.05) is 20.8 Å². The van der Waals surface area contributed by atoms with Crippen LogP contribution in [0.25, 0.3) is 11.2 Å². The molecule has 0 aliphatic carbocycles. The Balaban J connectivity index is 1.29. The summed E-state index contributed by atoms with van der Waals surface area (Å²) in [5.74, 6) is -1.15. The maximum atomic E-state index is 13.2. The fourth-order valence-corrected chi connectivity index (χ4v) is 5.66. The number of aliphatic hydroxyl groups excluding tert-OH is 1. The van der Waals surface area contributed by atoms with Gasteiger partial charge in [0.2, 0.25) is 17.8 Å². The predicted molar refractivity (Wildman–Crippen MR) is 173 cm³/mol. The van der Waals surface area contributed by atoms with Crippen LogP contribution in [0.1, 0.15) is 45.2 Å². The van der Waals surface area contributed by atoms with E-state index in [-0.39, 0.29) is 73.8 Å². The monoisotopic (exact) mass is 689 g/mol. The molecular weight excluding hydrogens is 646 g/mol. The number of aromatic amines is 2. The molecule has 2 fully saturated rings. The number of carbonyl (C=O) groups excluding carboxylic acids is 2. The minimum atomic E-state index is -1.21. The van der Waals surface area contributed by atoms with Crippen LogP contribution in [0.15, 0.2) is 26.9 Å². The zero-order valence-electron chi connectivity index (χ0n) is 28.0. The Labute approximate surface area is 279 Å². The maximum absolute atomic E-state index is 13.2. The third-order valence-electron chi connectivity index (χ3n) is 8.39. The van der Waals surface area contributed by atoms with Crippen molar-refractivity contribution in [1.82, 2.24) is 39.3 Å². The second-order valence-corrected chi connectivity index (χ2v) is 12.4. The molecule has 2 aliphatic heterocycles. The first-order chi connectivity index (χ1) is 23.4. The summed E-state index contributed by atoms with van der Waals surface area (Å²) in [6.07, 6.45) is -1.68. The molecule has 2 aliphatic rings. The molecule has 0 spiro atoms. The van der Waals surface area contributed by atoms with Crippen molar-refractivity contribution in [3.63, 3.8) is 0 Å². The molecular formula is C30H43N9O10. The van der Waals surface area contributed by atoms with Crippen molar-refractivity contribution >= 4 is 28.9 Å². The standard InChI is InChI=1S/C30H43N9O10/c1-6-17-11-37(13-20(48-17)38-10-16(4)26(43)36-30(38)45)12-19(40)31-9-18-22(41)23(47-8-7-46-5)28(49-18)39-14-32-21-24(39)33-29(35-27(21)44)34-25(42)15(2)3/h10,14-15,17-18,20,22-23,28,41H,6-9,11-13H2,1-5H3,(H,31,40)(H,36,43,45)(H2,33,34,35,42,44)/t17-,18-,20-,22+,23?,28-/m1/s1. The van der Waals surface area contributed by atoms with E-state index >= 15 is 0 Å². The molecule has 19 nitrogen and oxygen atoms in total. The maximum Gasteiger partial charge on any atom is 0.330 e. The fraction of sp³-hybridized carbons (Fsp3) is 0.633. The van der Waals surface area contributed by atoms with E-state index < -0.39 is 47.6 Å². The number of ether oxygens (including phenoxy) is 4. The van der Waals surface area contributed by atoms with Gasteiger partial charge in [-0.05, 0) is 13.3 Å². The van der Waals surface area contributed by atoms with E-state index in [4.69, 9.17) is 18.9 Å². The van der Waals surface area contributed by atoms with E-state index in [2.05, 4.69) is 30.6 Å². The van der Waals surface area contributed by atoms with Crippen molar-refractivity contribution in [3.05, 3.63) is 49.3 Å². The van der Waals surface area contributed by atoms with Crippen LogP contribution in [-0.2, 0) is 28.5 Å². The predicted octanol–water partition coefficient (Wildman–Crippen LogP) is -1.41. The number of aromatic nitrogens is 6. The lowest BCUT2D eigenvalue weighted by atomic mass is 10.1. The van der Waals surface area contributed by atoms with Crippen LogP contribution >= 0.6 is 0 Å². The Morgan fingerprint density at radius 2 is 1.90 bits per heavy atom. The Bertz CT molecular complexity index is 1820. The summed E-state index contributed by atoms with van der Waals surface area (Å²) in [5, 5.41) is 16.7. The molecule has 0 radical (unpaired) electrons. The number of rotatable bonds is 13. The van der Waals surface area contributed by atoms with Crippen molar-refractivity contribution < 1.29 is 33.6 Å². The molecule has 5 heterocycles. The molecule has 6 atom stereocenters. The van der Waals surface area contributed by atoms with Crippen LogP contribution in [0.5, 0.6) is 0 Å². The molecule has 1 unspecified atom stereocenters. The fourth-order valence-electron chi connectivity index (χ4n) is 5.66. The van der Waals surface area contributed by atoms with Gasteiger partial charge in [0.15, 0.2) is 23.6 Å².